The highest BCUT2D eigenvalue weighted by Gasteiger charge is 2.23. The Labute approximate surface area is 127 Å². The summed E-state index contributed by atoms with van der Waals surface area (Å²) in [6.07, 6.45) is 0. The van der Waals surface area contributed by atoms with Gasteiger partial charge in [0.15, 0.2) is 11.6 Å². The summed E-state index contributed by atoms with van der Waals surface area (Å²) in [7, 11) is 0. The van der Waals surface area contributed by atoms with Gasteiger partial charge < -0.3 is 4.90 Å². The first-order valence-corrected chi connectivity index (χ1v) is 7.29. The molecular formula is C17H17F3N2. The first-order valence-electron chi connectivity index (χ1n) is 7.29. The van der Waals surface area contributed by atoms with E-state index in [1.165, 1.54) is 5.56 Å². The van der Waals surface area contributed by atoms with Gasteiger partial charge in [-0.3, -0.25) is 4.90 Å². The van der Waals surface area contributed by atoms with Crippen molar-refractivity contribution < 1.29 is 13.2 Å². The molecule has 0 N–H and O–H groups in total. The molecular weight excluding hydrogens is 289 g/mol. The highest BCUT2D eigenvalue weighted by Crippen LogP contribution is 2.25. The normalized spacial score (nSPS) is 16.0. The predicted molar refractivity (Wildman–Crippen MR) is 80.2 cm³/mol. The number of halogens is 3. The van der Waals surface area contributed by atoms with E-state index in [1.807, 2.05) is 18.2 Å². The Kier molecular flexibility index (Phi) is 4.34. The molecule has 2 aromatic carbocycles. The van der Waals surface area contributed by atoms with Crippen molar-refractivity contribution in [3.8, 4) is 0 Å². The highest BCUT2D eigenvalue weighted by atomic mass is 19.1. The molecule has 2 nitrogen and oxygen atoms in total. The topological polar surface area (TPSA) is 6.48 Å². The minimum absolute atomic E-state index is 0.124. The Morgan fingerprint density at radius 1 is 0.818 bits per heavy atom. The van der Waals surface area contributed by atoms with Crippen LogP contribution in [0.15, 0.2) is 42.5 Å². The average Bonchev–Trinajstić information content (AvgIpc) is 2.49. The Bertz CT molecular complexity index is 615. The second-order valence-corrected chi connectivity index (χ2v) is 5.47. The molecule has 22 heavy (non-hydrogen) atoms. The second kappa shape index (κ2) is 6.40. The maximum Gasteiger partial charge on any atom is 0.152 e. The molecule has 0 spiro atoms. The fourth-order valence-corrected chi connectivity index (χ4v) is 2.81. The fourth-order valence-electron chi connectivity index (χ4n) is 2.81. The lowest BCUT2D eigenvalue weighted by molar-refractivity contribution is 0.248. The van der Waals surface area contributed by atoms with Gasteiger partial charge in [-0.05, 0) is 5.56 Å². The third-order valence-corrected chi connectivity index (χ3v) is 3.92. The minimum Gasteiger partial charge on any atom is -0.364 e. The van der Waals surface area contributed by atoms with Crippen molar-refractivity contribution in [2.75, 3.05) is 31.1 Å². The number of rotatable bonds is 3. The maximum absolute atomic E-state index is 13.8. The summed E-state index contributed by atoms with van der Waals surface area (Å²) in [5, 5.41) is 0. The number of hydrogen-bond donors (Lipinski definition) is 0. The zero-order valence-electron chi connectivity index (χ0n) is 12.1. The van der Waals surface area contributed by atoms with Crippen LogP contribution < -0.4 is 4.90 Å². The lowest BCUT2D eigenvalue weighted by atomic mass is 10.2. The molecule has 116 valence electrons. The second-order valence-electron chi connectivity index (χ2n) is 5.47. The van der Waals surface area contributed by atoms with Crippen LogP contribution in [0, 0.1) is 17.5 Å². The van der Waals surface area contributed by atoms with E-state index in [-0.39, 0.29) is 5.69 Å². The van der Waals surface area contributed by atoms with E-state index in [4.69, 9.17) is 0 Å². The van der Waals surface area contributed by atoms with Gasteiger partial charge in [-0.15, -0.1) is 0 Å². The third kappa shape index (κ3) is 3.25. The highest BCUT2D eigenvalue weighted by molar-refractivity contribution is 5.49. The molecule has 1 fully saturated rings. The third-order valence-electron chi connectivity index (χ3n) is 3.92. The smallest absolute Gasteiger partial charge is 0.152 e. The van der Waals surface area contributed by atoms with Crippen molar-refractivity contribution >= 4 is 5.69 Å². The Balaban J connectivity index is 1.65. The van der Waals surface area contributed by atoms with Crippen LogP contribution >= 0.6 is 0 Å². The molecule has 1 aliphatic heterocycles. The van der Waals surface area contributed by atoms with E-state index in [0.717, 1.165) is 18.7 Å². The van der Waals surface area contributed by atoms with Gasteiger partial charge in [-0.25, -0.2) is 13.2 Å². The molecule has 0 amide bonds. The van der Waals surface area contributed by atoms with E-state index in [1.54, 1.807) is 4.90 Å². The first kappa shape index (κ1) is 14.9. The predicted octanol–water partition coefficient (Wildman–Crippen LogP) is 3.43. The van der Waals surface area contributed by atoms with E-state index < -0.39 is 17.5 Å². The summed E-state index contributed by atoms with van der Waals surface area (Å²) < 4.78 is 40.6. The summed E-state index contributed by atoms with van der Waals surface area (Å²) >= 11 is 0. The van der Waals surface area contributed by atoms with Crippen LogP contribution in [0.4, 0.5) is 18.9 Å². The molecule has 0 unspecified atom stereocenters. The fraction of sp³-hybridized carbons (Fsp3) is 0.294. The molecule has 1 saturated heterocycles. The Morgan fingerprint density at radius 2 is 1.41 bits per heavy atom. The SMILES string of the molecule is Fc1cc(F)c(N2CCN(Cc3ccccc3)CC2)c(F)c1. The monoisotopic (exact) mass is 306 g/mol. The molecule has 2 aromatic rings. The molecule has 0 saturated carbocycles. The average molecular weight is 306 g/mol. The summed E-state index contributed by atoms with van der Waals surface area (Å²) in [4.78, 5) is 3.89. The van der Waals surface area contributed by atoms with Gasteiger partial charge in [0.1, 0.15) is 11.5 Å². The molecule has 0 atom stereocenters. The summed E-state index contributed by atoms with van der Waals surface area (Å²) in [5.41, 5.74) is 1.09. The summed E-state index contributed by atoms with van der Waals surface area (Å²) in [6.45, 7) is 3.29. The van der Waals surface area contributed by atoms with Gasteiger partial charge in [0.2, 0.25) is 0 Å². The van der Waals surface area contributed by atoms with E-state index in [9.17, 15) is 13.2 Å². The van der Waals surface area contributed by atoms with Crippen molar-refractivity contribution in [2.45, 2.75) is 6.54 Å². The van der Waals surface area contributed by atoms with Crippen molar-refractivity contribution in [3.05, 3.63) is 65.5 Å². The lowest BCUT2D eigenvalue weighted by Gasteiger charge is -2.36. The summed E-state index contributed by atoms with van der Waals surface area (Å²) in [5.74, 6) is -2.57. The van der Waals surface area contributed by atoms with E-state index >= 15 is 0 Å². The van der Waals surface area contributed by atoms with Gasteiger partial charge in [0, 0.05) is 44.9 Å². The van der Waals surface area contributed by atoms with Crippen molar-refractivity contribution in [2.24, 2.45) is 0 Å². The van der Waals surface area contributed by atoms with Crippen LogP contribution in [-0.4, -0.2) is 31.1 Å². The van der Waals surface area contributed by atoms with Gasteiger partial charge in [0.25, 0.3) is 0 Å². The molecule has 1 heterocycles. The molecule has 3 rings (SSSR count). The molecule has 5 heteroatoms. The standard InChI is InChI=1S/C17H17F3N2/c18-14-10-15(19)17(16(20)11-14)22-8-6-21(7-9-22)12-13-4-2-1-3-5-13/h1-5,10-11H,6-9,12H2. The van der Waals surface area contributed by atoms with E-state index in [2.05, 4.69) is 17.0 Å². The number of benzene rings is 2. The van der Waals surface area contributed by atoms with Crippen molar-refractivity contribution in [1.82, 2.24) is 4.90 Å². The Morgan fingerprint density at radius 3 is 2.00 bits per heavy atom. The Hall–Kier alpha value is -2.01. The summed E-state index contributed by atoms with van der Waals surface area (Å²) in [6, 6.07) is 11.5. The number of anilines is 1. The van der Waals surface area contributed by atoms with Crippen LogP contribution in [0.25, 0.3) is 0 Å². The van der Waals surface area contributed by atoms with E-state index in [0.29, 0.717) is 26.2 Å². The first-order chi connectivity index (χ1) is 10.6. The molecule has 0 aromatic heterocycles. The van der Waals surface area contributed by atoms with Crippen molar-refractivity contribution in [1.29, 1.82) is 0 Å². The number of hydrogen-bond acceptors (Lipinski definition) is 2. The molecule has 0 aliphatic carbocycles. The maximum atomic E-state index is 13.8. The van der Waals surface area contributed by atoms with Crippen LogP contribution in [0.2, 0.25) is 0 Å². The van der Waals surface area contributed by atoms with Crippen LogP contribution in [0.1, 0.15) is 5.56 Å². The number of piperazine rings is 1. The van der Waals surface area contributed by atoms with Gasteiger partial charge >= 0.3 is 0 Å². The van der Waals surface area contributed by atoms with Crippen LogP contribution in [0.5, 0.6) is 0 Å². The van der Waals surface area contributed by atoms with Crippen molar-refractivity contribution in [3.63, 3.8) is 0 Å². The lowest BCUT2D eigenvalue weighted by Crippen LogP contribution is -2.46. The van der Waals surface area contributed by atoms with Crippen LogP contribution in [0.3, 0.4) is 0 Å². The zero-order valence-corrected chi connectivity index (χ0v) is 12.1. The van der Waals surface area contributed by atoms with Gasteiger partial charge in [-0.2, -0.15) is 0 Å². The molecule has 0 bridgehead atoms. The van der Waals surface area contributed by atoms with Crippen LogP contribution in [-0.2, 0) is 6.54 Å². The largest absolute Gasteiger partial charge is 0.364 e. The molecule has 0 radical (unpaired) electrons. The quantitative estimate of drug-likeness (QED) is 0.857. The zero-order chi connectivity index (χ0) is 15.5. The number of nitrogens with zero attached hydrogens (tertiary/aromatic N) is 2. The minimum atomic E-state index is -0.888. The van der Waals surface area contributed by atoms with Gasteiger partial charge in [0.05, 0.1) is 0 Å². The van der Waals surface area contributed by atoms with Gasteiger partial charge in [-0.1, -0.05) is 30.3 Å². The molecule has 1 aliphatic rings.